The van der Waals surface area contributed by atoms with Crippen LogP contribution in [-0.2, 0) is 4.74 Å². The Labute approximate surface area is 124 Å². The number of nitrogens with zero attached hydrogens (tertiary/aromatic N) is 2. The zero-order chi connectivity index (χ0) is 15.1. The number of benzene rings is 1. The average molecular weight is 288 g/mol. The maximum Gasteiger partial charge on any atom is 0.358 e. The first-order chi connectivity index (χ1) is 10.3. The van der Waals surface area contributed by atoms with Crippen LogP contribution in [0, 0.1) is 0 Å². The van der Waals surface area contributed by atoms with Crippen molar-refractivity contribution in [3.05, 3.63) is 42.1 Å². The van der Waals surface area contributed by atoms with Crippen molar-refractivity contribution in [2.45, 2.75) is 26.7 Å². The van der Waals surface area contributed by atoms with Crippen LogP contribution in [0.1, 0.15) is 37.2 Å². The number of hydrogen-bond acceptors (Lipinski definition) is 4. The van der Waals surface area contributed by atoms with E-state index in [0.29, 0.717) is 19.1 Å². The van der Waals surface area contributed by atoms with Gasteiger partial charge >= 0.3 is 5.97 Å². The summed E-state index contributed by atoms with van der Waals surface area (Å²) in [6.45, 7) is 4.78. The van der Waals surface area contributed by atoms with Crippen LogP contribution in [0.5, 0.6) is 5.88 Å². The zero-order valence-electron chi connectivity index (χ0n) is 12.4. The van der Waals surface area contributed by atoms with E-state index in [1.807, 2.05) is 30.3 Å². The summed E-state index contributed by atoms with van der Waals surface area (Å²) in [7, 11) is 0. The van der Waals surface area contributed by atoms with Gasteiger partial charge in [0, 0.05) is 6.07 Å². The van der Waals surface area contributed by atoms with Gasteiger partial charge in [0.15, 0.2) is 5.69 Å². The molecule has 21 heavy (non-hydrogen) atoms. The van der Waals surface area contributed by atoms with E-state index in [2.05, 4.69) is 12.0 Å². The van der Waals surface area contributed by atoms with Gasteiger partial charge in [-0.25, -0.2) is 9.48 Å². The van der Waals surface area contributed by atoms with Gasteiger partial charge in [0.25, 0.3) is 0 Å². The van der Waals surface area contributed by atoms with Crippen molar-refractivity contribution in [3.63, 3.8) is 0 Å². The van der Waals surface area contributed by atoms with E-state index < -0.39 is 5.97 Å². The third kappa shape index (κ3) is 3.84. The van der Waals surface area contributed by atoms with Crippen molar-refractivity contribution in [1.29, 1.82) is 0 Å². The summed E-state index contributed by atoms with van der Waals surface area (Å²) in [6.07, 6.45) is 2.00. The highest BCUT2D eigenvalue weighted by Gasteiger charge is 2.17. The standard InChI is InChI=1S/C16H20N2O3/c1-3-5-11-21-15-12-14(16(19)20-4-2)17-18(15)13-9-7-6-8-10-13/h6-10,12H,3-5,11H2,1-2H3. The number of aromatic nitrogens is 2. The number of esters is 1. The van der Waals surface area contributed by atoms with E-state index >= 15 is 0 Å². The summed E-state index contributed by atoms with van der Waals surface area (Å²) in [4.78, 5) is 11.8. The van der Waals surface area contributed by atoms with Gasteiger partial charge in [-0.15, -0.1) is 0 Å². The highest BCUT2D eigenvalue weighted by atomic mass is 16.5. The lowest BCUT2D eigenvalue weighted by atomic mass is 10.3. The molecular formula is C16H20N2O3. The van der Waals surface area contributed by atoms with Crippen LogP contribution in [0.15, 0.2) is 36.4 Å². The molecule has 0 atom stereocenters. The Morgan fingerprint density at radius 3 is 2.67 bits per heavy atom. The van der Waals surface area contributed by atoms with Gasteiger partial charge in [-0.1, -0.05) is 31.5 Å². The Morgan fingerprint density at radius 2 is 2.00 bits per heavy atom. The lowest BCUT2D eigenvalue weighted by Gasteiger charge is -2.08. The molecule has 2 aromatic rings. The fourth-order valence-corrected chi connectivity index (χ4v) is 1.85. The van der Waals surface area contributed by atoms with Crippen molar-refractivity contribution in [2.24, 2.45) is 0 Å². The molecule has 1 aromatic heterocycles. The molecule has 0 radical (unpaired) electrons. The maximum atomic E-state index is 11.8. The molecule has 0 N–H and O–H groups in total. The molecule has 0 saturated carbocycles. The van der Waals surface area contributed by atoms with Gasteiger partial charge in [0.2, 0.25) is 5.88 Å². The molecule has 0 aliphatic rings. The molecule has 0 spiro atoms. The summed E-state index contributed by atoms with van der Waals surface area (Å²) in [5, 5.41) is 4.29. The highest BCUT2D eigenvalue weighted by Crippen LogP contribution is 2.20. The number of unbranched alkanes of at least 4 members (excludes halogenated alkanes) is 1. The molecular weight excluding hydrogens is 268 g/mol. The first-order valence-electron chi connectivity index (χ1n) is 7.21. The van der Waals surface area contributed by atoms with Gasteiger partial charge in [0.1, 0.15) is 0 Å². The van der Waals surface area contributed by atoms with Crippen molar-refractivity contribution >= 4 is 5.97 Å². The SMILES string of the molecule is CCCCOc1cc(C(=O)OCC)nn1-c1ccccc1. The Morgan fingerprint density at radius 1 is 1.24 bits per heavy atom. The molecule has 0 unspecified atom stereocenters. The molecule has 0 bridgehead atoms. The van der Waals surface area contributed by atoms with Crippen LogP contribution < -0.4 is 4.74 Å². The lowest BCUT2D eigenvalue weighted by Crippen LogP contribution is -2.07. The zero-order valence-corrected chi connectivity index (χ0v) is 12.4. The molecule has 0 fully saturated rings. The number of carbonyl (C=O) groups is 1. The second-order valence-electron chi connectivity index (χ2n) is 4.54. The molecule has 0 aliphatic carbocycles. The van der Waals surface area contributed by atoms with Gasteiger partial charge < -0.3 is 9.47 Å². The third-order valence-corrected chi connectivity index (χ3v) is 2.91. The normalized spacial score (nSPS) is 10.4. The summed E-state index contributed by atoms with van der Waals surface area (Å²) >= 11 is 0. The molecule has 0 aliphatic heterocycles. The van der Waals surface area contributed by atoms with Gasteiger partial charge in [-0.3, -0.25) is 0 Å². The van der Waals surface area contributed by atoms with Gasteiger partial charge in [-0.2, -0.15) is 5.10 Å². The van der Waals surface area contributed by atoms with E-state index in [-0.39, 0.29) is 5.69 Å². The quantitative estimate of drug-likeness (QED) is 0.580. The van der Waals surface area contributed by atoms with E-state index in [1.54, 1.807) is 17.7 Å². The van der Waals surface area contributed by atoms with Crippen molar-refractivity contribution < 1.29 is 14.3 Å². The molecule has 2 rings (SSSR count). The number of para-hydroxylation sites is 1. The van der Waals surface area contributed by atoms with Crippen LogP contribution >= 0.6 is 0 Å². The minimum atomic E-state index is -0.437. The van der Waals surface area contributed by atoms with Gasteiger partial charge in [0.05, 0.1) is 18.9 Å². The summed E-state index contributed by atoms with van der Waals surface area (Å²) in [5.74, 6) is 0.116. The molecule has 0 saturated heterocycles. The molecule has 1 heterocycles. The molecule has 5 heteroatoms. The molecule has 5 nitrogen and oxygen atoms in total. The monoisotopic (exact) mass is 288 g/mol. The van der Waals surface area contributed by atoms with Crippen LogP contribution in [0.3, 0.4) is 0 Å². The topological polar surface area (TPSA) is 53.4 Å². The average Bonchev–Trinajstić information content (AvgIpc) is 2.93. The predicted molar refractivity (Wildman–Crippen MR) is 79.9 cm³/mol. The highest BCUT2D eigenvalue weighted by molar-refractivity contribution is 5.87. The largest absolute Gasteiger partial charge is 0.478 e. The summed E-state index contributed by atoms with van der Waals surface area (Å²) < 4.78 is 12.3. The van der Waals surface area contributed by atoms with E-state index in [9.17, 15) is 4.79 Å². The Balaban J connectivity index is 2.29. The van der Waals surface area contributed by atoms with E-state index in [1.165, 1.54) is 0 Å². The lowest BCUT2D eigenvalue weighted by molar-refractivity contribution is 0.0519. The molecule has 1 aromatic carbocycles. The number of rotatable bonds is 7. The predicted octanol–water partition coefficient (Wildman–Crippen LogP) is 3.23. The van der Waals surface area contributed by atoms with Crippen LogP contribution in [0.4, 0.5) is 0 Å². The van der Waals surface area contributed by atoms with Gasteiger partial charge in [-0.05, 0) is 25.5 Å². The minimum Gasteiger partial charge on any atom is -0.478 e. The fourth-order valence-electron chi connectivity index (χ4n) is 1.85. The second-order valence-corrected chi connectivity index (χ2v) is 4.54. The van der Waals surface area contributed by atoms with Crippen LogP contribution in [0.25, 0.3) is 5.69 Å². The fraction of sp³-hybridized carbons (Fsp3) is 0.375. The van der Waals surface area contributed by atoms with E-state index in [4.69, 9.17) is 9.47 Å². The Hall–Kier alpha value is -2.30. The Bertz CT molecular complexity index is 578. The van der Waals surface area contributed by atoms with E-state index in [0.717, 1.165) is 18.5 Å². The molecule has 0 amide bonds. The minimum absolute atomic E-state index is 0.257. The smallest absolute Gasteiger partial charge is 0.358 e. The summed E-state index contributed by atoms with van der Waals surface area (Å²) in [6, 6.07) is 11.2. The number of hydrogen-bond donors (Lipinski definition) is 0. The van der Waals surface area contributed by atoms with Crippen LogP contribution in [0.2, 0.25) is 0 Å². The number of ether oxygens (including phenoxy) is 2. The first-order valence-corrected chi connectivity index (χ1v) is 7.21. The van der Waals surface area contributed by atoms with Crippen molar-refractivity contribution in [3.8, 4) is 11.6 Å². The van der Waals surface area contributed by atoms with Crippen LogP contribution in [-0.4, -0.2) is 29.0 Å². The van der Waals surface area contributed by atoms with Crippen molar-refractivity contribution in [2.75, 3.05) is 13.2 Å². The molecule has 112 valence electrons. The summed E-state index contributed by atoms with van der Waals surface area (Å²) in [5.41, 5.74) is 1.10. The Kier molecular flexibility index (Phi) is 5.37. The number of carbonyl (C=O) groups excluding carboxylic acids is 1. The first kappa shape index (κ1) is 15.1. The second kappa shape index (κ2) is 7.47. The maximum absolute atomic E-state index is 11.8. The van der Waals surface area contributed by atoms with Crippen molar-refractivity contribution in [1.82, 2.24) is 9.78 Å². The third-order valence-electron chi connectivity index (χ3n) is 2.91.